The fraction of sp³-hybridized carbons (Fsp3) is 0.667. The smallest absolute Gasteiger partial charge is 0.344 e. The van der Waals surface area contributed by atoms with Crippen LogP contribution < -0.4 is 16.8 Å². The third kappa shape index (κ3) is 8.33. The minimum atomic E-state index is -2.19. The zero-order valence-electron chi connectivity index (χ0n) is 8.41. The number of hydrogen-bond acceptors (Lipinski definition) is 5. The highest BCUT2D eigenvalue weighted by molar-refractivity contribution is 7.44. The number of carbonyl (C=O) groups is 1. The predicted octanol–water partition coefficient (Wildman–Crippen LogP) is -2.40. The standard InChI is InChI=1S/C6H15N4O5P/c7-5(8)10-6(12)9-1-4(2-11)15-3-16(13)14/h4,11,13-14H,1-3H2,(H5,7,8,9,10,12)/t4-/m0/s1. The van der Waals surface area contributed by atoms with E-state index in [1.54, 1.807) is 0 Å². The van der Waals surface area contributed by atoms with Crippen LogP contribution in [0.2, 0.25) is 0 Å². The van der Waals surface area contributed by atoms with Crippen molar-refractivity contribution in [2.75, 3.05) is 19.5 Å². The van der Waals surface area contributed by atoms with Crippen LogP contribution in [0.5, 0.6) is 0 Å². The number of nitrogens with one attached hydrogen (secondary N) is 1. The second kappa shape index (κ2) is 8.20. The van der Waals surface area contributed by atoms with Crippen LogP contribution in [-0.4, -0.2) is 52.5 Å². The molecule has 0 aliphatic heterocycles. The molecule has 0 aromatic heterocycles. The molecule has 0 saturated heterocycles. The molecule has 0 bridgehead atoms. The summed E-state index contributed by atoms with van der Waals surface area (Å²) in [7, 11) is -2.19. The molecule has 2 amide bonds. The molecule has 10 heteroatoms. The van der Waals surface area contributed by atoms with Crippen molar-refractivity contribution in [2.45, 2.75) is 6.10 Å². The summed E-state index contributed by atoms with van der Waals surface area (Å²) >= 11 is 0. The van der Waals surface area contributed by atoms with Gasteiger partial charge in [-0.1, -0.05) is 0 Å². The van der Waals surface area contributed by atoms with Gasteiger partial charge >= 0.3 is 6.03 Å². The minimum absolute atomic E-state index is 0.0463. The summed E-state index contributed by atoms with van der Waals surface area (Å²) in [5, 5.41) is 11.1. The number of carbonyl (C=O) groups excluding carboxylic acids is 1. The maximum atomic E-state index is 10.9. The molecule has 0 spiro atoms. The molecule has 9 nitrogen and oxygen atoms in total. The Morgan fingerprint density at radius 1 is 1.50 bits per heavy atom. The van der Waals surface area contributed by atoms with E-state index < -0.39 is 20.5 Å². The van der Waals surface area contributed by atoms with E-state index in [1.807, 2.05) is 0 Å². The Kier molecular flexibility index (Phi) is 7.69. The number of rotatable bonds is 6. The van der Waals surface area contributed by atoms with Crippen LogP contribution in [0.1, 0.15) is 0 Å². The van der Waals surface area contributed by atoms with Gasteiger partial charge in [0.05, 0.1) is 12.7 Å². The zero-order chi connectivity index (χ0) is 12.6. The second-order valence-corrected chi connectivity index (χ2v) is 3.70. The summed E-state index contributed by atoms with van der Waals surface area (Å²) in [5.41, 5.74) is 9.91. The Morgan fingerprint density at radius 2 is 2.12 bits per heavy atom. The van der Waals surface area contributed by atoms with Crippen molar-refractivity contribution in [1.29, 1.82) is 0 Å². The molecular formula is C6H15N4O5P. The van der Waals surface area contributed by atoms with Gasteiger partial charge in [-0.2, -0.15) is 4.99 Å². The summed E-state index contributed by atoms with van der Waals surface area (Å²) < 4.78 is 4.86. The monoisotopic (exact) mass is 254 g/mol. The third-order valence-corrected chi connectivity index (χ3v) is 1.72. The second-order valence-electron chi connectivity index (χ2n) is 2.70. The molecule has 0 aliphatic rings. The number of aliphatic hydroxyl groups excluding tert-OH is 1. The molecule has 0 heterocycles. The molecule has 0 unspecified atom stereocenters. The highest BCUT2D eigenvalue weighted by Crippen LogP contribution is 2.22. The molecule has 0 aromatic carbocycles. The lowest BCUT2D eigenvalue weighted by molar-refractivity contribution is 0.0361. The predicted molar refractivity (Wildman–Crippen MR) is 57.4 cm³/mol. The van der Waals surface area contributed by atoms with Gasteiger partial charge in [0.25, 0.3) is 0 Å². The molecule has 8 N–H and O–H groups in total. The molecule has 1 atom stereocenters. The molecule has 0 aromatic rings. The molecule has 0 saturated carbocycles. The summed E-state index contributed by atoms with van der Waals surface area (Å²) in [4.78, 5) is 31.2. The van der Waals surface area contributed by atoms with E-state index in [4.69, 9.17) is 31.1 Å². The fourth-order valence-corrected chi connectivity index (χ4v) is 1.05. The Hall–Kier alpha value is -0.990. The van der Waals surface area contributed by atoms with Gasteiger partial charge < -0.3 is 36.4 Å². The van der Waals surface area contributed by atoms with Gasteiger partial charge in [-0.15, -0.1) is 0 Å². The summed E-state index contributed by atoms with van der Waals surface area (Å²) in [5.74, 6) is -0.381. The number of ether oxygens (including phenoxy) is 1. The molecule has 0 rings (SSSR count). The summed E-state index contributed by atoms with van der Waals surface area (Å²) in [6, 6.07) is -0.766. The van der Waals surface area contributed by atoms with E-state index >= 15 is 0 Å². The van der Waals surface area contributed by atoms with E-state index in [1.165, 1.54) is 0 Å². The van der Waals surface area contributed by atoms with E-state index in [9.17, 15) is 4.79 Å². The molecule has 0 radical (unpaired) electrons. The van der Waals surface area contributed by atoms with Crippen LogP contribution in [0.3, 0.4) is 0 Å². The van der Waals surface area contributed by atoms with Crippen LogP contribution in [0.25, 0.3) is 0 Å². The van der Waals surface area contributed by atoms with Crippen LogP contribution in [0.15, 0.2) is 4.99 Å². The first kappa shape index (κ1) is 15.0. The van der Waals surface area contributed by atoms with E-state index in [0.29, 0.717) is 0 Å². The van der Waals surface area contributed by atoms with Gasteiger partial charge in [-0.25, -0.2) is 4.79 Å². The normalized spacial score (nSPS) is 12.2. The van der Waals surface area contributed by atoms with Crippen molar-refractivity contribution in [1.82, 2.24) is 5.32 Å². The maximum Gasteiger partial charge on any atom is 0.344 e. The number of aliphatic hydroxyl groups is 1. The van der Waals surface area contributed by atoms with Crippen molar-refractivity contribution in [3.63, 3.8) is 0 Å². The number of urea groups is 1. The van der Waals surface area contributed by atoms with Crippen molar-refractivity contribution >= 4 is 20.4 Å². The highest BCUT2D eigenvalue weighted by atomic mass is 31.2. The molecule has 16 heavy (non-hydrogen) atoms. The molecule has 94 valence electrons. The first-order chi connectivity index (χ1) is 7.45. The average molecular weight is 254 g/mol. The SMILES string of the molecule is NC(N)=NC(=O)NC[C@@H](CO)OCP(O)O. The first-order valence-electron chi connectivity index (χ1n) is 4.21. The Morgan fingerprint density at radius 3 is 2.56 bits per heavy atom. The highest BCUT2D eigenvalue weighted by Gasteiger charge is 2.11. The van der Waals surface area contributed by atoms with Crippen LogP contribution >= 0.6 is 8.38 Å². The number of hydrogen-bond donors (Lipinski definition) is 6. The van der Waals surface area contributed by atoms with Gasteiger partial charge in [-0.05, 0) is 0 Å². The Balaban J connectivity index is 3.86. The zero-order valence-corrected chi connectivity index (χ0v) is 9.30. The van der Waals surface area contributed by atoms with Crippen molar-refractivity contribution < 1.29 is 24.4 Å². The maximum absolute atomic E-state index is 10.9. The number of aliphatic imine (C=N–C) groups is 1. The van der Waals surface area contributed by atoms with Crippen LogP contribution in [0, 0.1) is 0 Å². The number of nitrogens with zero attached hydrogens (tertiary/aromatic N) is 1. The first-order valence-corrected chi connectivity index (χ1v) is 5.64. The van der Waals surface area contributed by atoms with Crippen LogP contribution in [0.4, 0.5) is 4.79 Å². The molecule has 0 fully saturated rings. The van der Waals surface area contributed by atoms with Crippen molar-refractivity contribution in [3.05, 3.63) is 0 Å². The minimum Gasteiger partial charge on any atom is -0.394 e. The van der Waals surface area contributed by atoms with Crippen molar-refractivity contribution in [3.8, 4) is 0 Å². The van der Waals surface area contributed by atoms with E-state index in [2.05, 4.69) is 10.3 Å². The number of nitrogens with two attached hydrogens (primary N) is 2. The summed E-state index contributed by atoms with van der Waals surface area (Å²) in [6.07, 6.45) is -1.05. The average Bonchev–Trinajstić information content (AvgIpc) is 2.16. The van der Waals surface area contributed by atoms with Crippen molar-refractivity contribution in [2.24, 2.45) is 16.5 Å². The van der Waals surface area contributed by atoms with E-state index in [-0.39, 0.29) is 25.5 Å². The Labute approximate surface area is 93.0 Å². The summed E-state index contributed by atoms with van der Waals surface area (Å²) in [6.45, 7) is -0.430. The largest absolute Gasteiger partial charge is 0.394 e. The van der Waals surface area contributed by atoms with Gasteiger partial charge in [0, 0.05) is 6.54 Å². The topological polar surface area (TPSA) is 163 Å². The van der Waals surface area contributed by atoms with Gasteiger partial charge in [0.1, 0.15) is 6.35 Å². The lowest BCUT2D eigenvalue weighted by Crippen LogP contribution is -2.36. The van der Waals surface area contributed by atoms with Gasteiger partial charge in [-0.3, -0.25) is 0 Å². The van der Waals surface area contributed by atoms with Gasteiger partial charge in [0.2, 0.25) is 0 Å². The fourth-order valence-electron chi connectivity index (χ4n) is 0.706. The lowest BCUT2D eigenvalue weighted by Gasteiger charge is -2.15. The number of amides is 2. The van der Waals surface area contributed by atoms with Gasteiger partial charge in [0.15, 0.2) is 14.3 Å². The lowest BCUT2D eigenvalue weighted by atomic mass is 10.4. The van der Waals surface area contributed by atoms with E-state index in [0.717, 1.165) is 0 Å². The number of guanidine groups is 1. The molecular weight excluding hydrogens is 239 g/mol. The Bertz CT molecular complexity index is 245. The quantitative estimate of drug-likeness (QED) is 0.175. The van der Waals surface area contributed by atoms with Crippen LogP contribution in [-0.2, 0) is 4.74 Å². The third-order valence-electron chi connectivity index (χ3n) is 1.34. The molecule has 0 aliphatic carbocycles.